The molecule has 2 heterocycles. The lowest BCUT2D eigenvalue weighted by atomic mass is 9.92. The summed E-state index contributed by atoms with van der Waals surface area (Å²) in [6, 6.07) is 0. The number of nitrogens with zero attached hydrogens (tertiary/aromatic N) is 5. The van der Waals surface area contributed by atoms with Crippen LogP contribution in [0.1, 0.15) is 32.4 Å². The Labute approximate surface area is 92.6 Å². The largest absolute Gasteiger partial charge is 0.381 e. The lowest BCUT2D eigenvalue weighted by Gasteiger charge is -2.19. The zero-order valence-corrected chi connectivity index (χ0v) is 9.51. The first-order valence-corrected chi connectivity index (χ1v) is 4.93. The monoisotopic (exact) mass is 222 g/mol. The second-order valence-corrected chi connectivity index (χ2v) is 4.57. The predicted molar refractivity (Wildman–Crippen MR) is 56.5 cm³/mol. The van der Waals surface area contributed by atoms with Crippen molar-refractivity contribution in [2.45, 2.75) is 32.7 Å². The standard InChI is InChI=1S/C9H14N6O/c1-9(2,3)7-8(10)13-14-15(7)4-6-11-5-12-16-6/h5H,4,10H2,1-3H3. The number of nitrogens with two attached hydrogens (primary N) is 1. The van der Waals surface area contributed by atoms with E-state index in [9.17, 15) is 0 Å². The van der Waals surface area contributed by atoms with Gasteiger partial charge in [0.25, 0.3) is 0 Å². The first kappa shape index (κ1) is 10.6. The van der Waals surface area contributed by atoms with Crippen LogP contribution in [0.25, 0.3) is 0 Å². The van der Waals surface area contributed by atoms with E-state index in [1.54, 1.807) is 4.68 Å². The Morgan fingerprint density at radius 1 is 1.44 bits per heavy atom. The quantitative estimate of drug-likeness (QED) is 0.798. The lowest BCUT2D eigenvalue weighted by molar-refractivity contribution is 0.357. The molecule has 7 nitrogen and oxygen atoms in total. The van der Waals surface area contributed by atoms with Crippen LogP contribution in [0.2, 0.25) is 0 Å². The molecule has 0 amide bonds. The fourth-order valence-electron chi connectivity index (χ4n) is 1.60. The van der Waals surface area contributed by atoms with Crippen molar-refractivity contribution in [1.29, 1.82) is 0 Å². The highest BCUT2D eigenvalue weighted by Crippen LogP contribution is 2.26. The van der Waals surface area contributed by atoms with Crippen molar-refractivity contribution in [3.63, 3.8) is 0 Å². The molecule has 0 atom stereocenters. The number of hydrogen-bond acceptors (Lipinski definition) is 6. The fraction of sp³-hybridized carbons (Fsp3) is 0.556. The molecule has 0 fully saturated rings. The van der Waals surface area contributed by atoms with Gasteiger partial charge in [0, 0.05) is 5.41 Å². The lowest BCUT2D eigenvalue weighted by Crippen LogP contribution is -2.20. The van der Waals surface area contributed by atoms with Crippen molar-refractivity contribution in [2.75, 3.05) is 5.73 Å². The van der Waals surface area contributed by atoms with Crippen molar-refractivity contribution >= 4 is 5.82 Å². The molecule has 0 radical (unpaired) electrons. The van der Waals surface area contributed by atoms with E-state index < -0.39 is 0 Å². The van der Waals surface area contributed by atoms with Gasteiger partial charge >= 0.3 is 0 Å². The van der Waals surface area contributed by atoms with Crippen molar-refractivity contribution < 1.29 is 4.52 Å². The van der Waals surface area contributed by atoms with E-state index >= 15 is 0 Å². The van der Waals surface area contributed by atoms with Crippen LogP contribution in [0.4, 0.5) is 5.82 Å². The summed E-state index contributed by atoms with van der Waals surface area (Å²) in [4.78, 5) is 3.94. The van der Waals surface area contributed by atoms with Crippen LogP contribution in [0.5, 0.6) is 0 Å². The summed E-state index contributed by atoms with van der Waals surface area (Å²) in [5, 5.41) is 11.4. The van der Waals surface area contributed by atoms with Gasteiger partial charge in [-0.15, -0.1) is 5.10 Å². The van der Waals surface area contributed by atoms with Gasteiger partial charge in [-0.2, -0.15) is 4.98 Å². The Kier molecular flexibility index (Phi) is 2.37. The smallest absolute Gasteiger partial charge is 0.248 e. The highest BCUT2D eigenvalue weighted by Gasteiger charge is 2.24. The molecule has 0 aromatic carbocycles. The molecule has 0 aliphatic carbocycles. The van der Waals surface area contributed by atoms with E-state index in [0.717, 1.165) is 5.69 Å². The third kappa shape index (κ3) is 1.88. The summed E-state index contributed by atoms with van der Waals surface area (Å²) in [5.41, 5.74) is 6.53. The SMILES string of the molecule is CC(C)(C)c1c(N)nnn1Cc1ncno1. The fourth-order valence-corrected chi connectivity index (χ4v) is 1.60. The predicted octanol–water partition coefficient (Wildman–Crippen LogP) is 0.589. The molecule has 2 aromatic heterocycles. The topological polar surface area (TPSA) is 95.7 Å². The first-order chi connectivity index (χ1) is 7.48. The van der Waals surface area contributed by atoms with Gasteiger partial charge in [0.2, 0.25) is 5.89 Å². The molecule has 0 bridgehead atoms. The van der Waals surface area contributed by atoms with Gasteiger partial charge in [0.15, 0.2) is 12.1 Å². The minimum atomic E-state index is -0.131. The Hall–Kier alpha value is -1.92. The average Bonchev–Trinajstić information content (AvgIpc) is 2.75. The summed E-state index contributed by atoms with van der Waals surface area (Å²) < 4.78 is 6.61. The number of nitrogen functional groups attached to an aromatic ring is 1. The first-order valence-electron chi connectivity index (χ1n) is 4.93. The summed E-state index contributed by atoms with van der Waals surface area (Å²) in [7, 11) is 0. The van der Waals surface area contributed by atoms with Crippen LogP contribution < -0.4 is 5.73 Å². The molecule has 2 N–H and O–H groups in total. The van der Waals surface area contributed by atoms with Gasteiger partial charge in [0.05, 0.1) is 5.69 Å². The molecule has 2 aromatic rings. The normalized spacial score (nSPS) is 11.9. The van der Waals surface area contributed by atoms with Crippen molar-refractivity contribution in [3.05, 3.63) is 17.9 Å². The van der Waals surface area contributed by atoms with Gasteiger partial charge in [-0.25, -0.2) is 4.68 Å². The Morgan fingerprint density at radius 2 is 2.19 bits per heavy atom. The Balaban J connectivity index is 2.35. The van der Waals surface area contributed by atoms with Crippen LogP contribution in [0.15, 0.2) is 10.9 Å². The van der Waals surface area contributed by atoms with Crippen molar-refractivity contribution in [2.24, 2.45) is 0 Å². The molecule has 0 aliphatic rings. The van der Waals surface area contributed by atoms with Gasteiger partial charge < -0.3 is 10.3 Å². The minimum absolute atomic E-state index is 0.131. The Morgan fingerprint density at radius 3 is 2.75 bits per heavy atom. The zero-order chi connectivity index (χ0) is 11.8. The second kappa shape index (κ2) is 3.58. The number of aromatic nitrogens is 5. The molecule has 0 aliphatic heterocycles. The maximum Gasteiger partial charge on any atom is 0.248 e. The van der Waals surface area contributed by atoms with Gasteiger partial charge in [-0.1, -0.05) is 31.1 Å². The molecular formula is C9H14N6O. The van der Waals surface area contributed by atoms with Crippen LogP contribution in [-0.4, -0.2) is 25.1 Å². The van der Waals surface area contributed by atoms with E-state index in [-0.39, 0.29) is 5.41 Å². The maximum atomic E-state index is 5.80. The molecule has 2 rings (SSSR count). The van der Waals surface area contributed by atoms with Crippen molar-refractivity contribution in [1.82, 2.24) is 25.1 Å². The van der Waals surface area contributed by atoms with Gasteiger partial charge in [-0.05, 0) is 0 Å². The molecular weight excluding hydrogens is 208 g/mol. The second-order valence-electron chi connectivity index (χ2n) is 4.57. The van der Waals surface area contributed by atoms with E-state index in [4.69, 9.17) is 10.3 Å². The molecule has 0 spiro atoms. The highest BCUT2D eigenvalue weighted by molar-refractivity contribution is 5.37. The molecule has 7 heteroatoms. The Bertz CT molecular complexity index is 467. The highest BCUT2D eigenvalue weighted by atomic mass is 16.5. The average molecular weight is 222 g/mol. The van der Waals surface area contributed by atoms with E-state index in [0.29, 0.717) is 18.3 Å². The van der Waals surface area contributed by atoms with Gasteiger partial charge in [0.1, 0.15) is 6.54 Å². The van der Waals surface area contributed by atoms with E-state index in [1.807, 2.05) is 20.8 Å². The van der Waals surface area contributed by atoms with E-state index in [1.165, 1.54) is 6.33 Å². The van der Waals surface area contributed by atoms with Gasteiger partial charge in [-0.3, -0.25) is 0 Å². The van der Waals surface area contributed by atoms with Crippen LogP contribution in [-0.2, 0) is 12.0 Å². The molecule has 0 saturated heterocycles. The molecule has 16 heavy (non-hydrogen) atoms. The van der Waals surface area contributed by atoms with Crippen LogP contribution in [0.3, 0.4) is 0 Å². The minimum Gasteiger partial charge on any atom is -0.381 e. The molecule has 0 unspecified atom stereocenters. The van der Waals surface area contributed by atoms with Crippen LogP contribution >= 0.6 is 0 Å². The number of anilines is 1. The van der Waals surface area contributed by atoms with Crippen LogP contribution in [0, 0.1) is 0 Å². The zero-order valence-electron chi connectivity index (χ0n) is 9.51. The maximum absolute atomic E-state index is 5.80. The number of hydrogen-bond donors (Lipinski definition) is 1. The molecule has 86 valence electrons. The number of rotatable bonds is 2. The molecule has 0 saturated carbocycles. The van der Waals surface area contributed by atoms with E-state index in [2.05, 4.69) is 20.5 Å². The summed E-state index contributed by atoms with van der Waals surface area (Å²) in [5.74, 6) is 0.919. The summed E-state index contributed by atoms with van der Waals surface area (Å²) in [6.45, 7) is 6.53. The third-order valence-corrected chi connectivity index (χ3v) is 2.16. The summed E-state index contributed by atoms with van der Waals surface area (Å²) in [6.07, 6.45) is 1.35. The van der Waals surface area contributed by atoms with Crippen molar-refractivity contribution in [3.8, 4) is 0 Å². The third-order valence-electron chi connectivity index (χ3n) is 2.16. The summed E-state index contributed by atoms with van der Waals surface area (Å²) >= 11 is 0.